The Kier molecular flexibility index (Phi) is 5.87. The second-order valence-electron chi connectivity index (χ2n) is 6.40. The van der Waals surface area contributed by atoms with Crippen molar-refractivity contribution >= 4 is 17.6 Å². The molecule has 1 aromatic heterocycles. The maximum absolute atomic E-state index is 12.1. The molecule has 0 saturated heterocycles. The number of anilines is 1. The Labute approximate surface area is 157 Å². The summed E-state index contributed by atoms with van der Waals surface area (Å²) in [6.45, 7) is 2.72. The number of amides is 2. The van der Waals surface area contributed by atoms with Crippen molar-refractivity contribution in [3.8, 4) is 11.5 Å². The molecule has 0 radical (unpaired) electrons. The number of nitrogens with zero attached hydrogens (tertiary/aromatic N) is 2. The van der Waals surface area contributed by atoms with Crippen LogP contribution in [0.5, 0.6) is 11.5 Å². The van der Waals surface area contributed by atoms with Crippen LogP contribution in [-0.2, 0) is 16.1 Å². The predicted molar refractivity (Wildman–Crippen MR) is 99.5 cm³/mol. The number of fused-ring (bicyclic) bond motifs is 1. The summed E-state index contributed by atoms with van der Waals surface area (Å²) >= 11 is 0. The van der Waals surface area contributed by atoms with E-state index in [1.165, 1.54) is 0 Å². The summed E-state index contributed by atoms with van der Waals surface area (Å²) in [5.74, 6) is 1.50. The van der Waals surface area contributed by atoms with Crippen LogP contribution in [-0.4, -0.2) is 48.6 Å². The SMILES string of the molecule is Cc1ccnc(NC(=O)CN(C)CC(=O)NCc2ccc3c(c2)OCO3)c1. The van der Waals surface area contributed by atoms with Gasteiger partial charge < -0.3 is 20.1 Å². The van der Waals surface area contributed by atoms with Gasteiger partial charge in [-0.2, -0.15) is 0 Å². The van der Waals surface area contributed by atoms with E-state index in [0.29, 0.717) is 23.9 Å². The number of hydrogen-bond donors (Lipinski definition) is 2. The molecule has 27 heavy (non-hydrogen) atoms. The smallest absolute Gasteiger partial charge is 0.239 e. The van der Waals surface area contributed by atoms with Crippen molar-refractivity contribution < 1.29 is 19.1 Å². The minimum atomic E-state index is -0.223. The summed E-state index contributed by atoms with van der Waals surface area (Å²) in [4.78, 5) is 29.9. The van der Waals surface area contributed by atoms with Crippen LogP contribution in [0.25, 0.3) is 0 Å². The van der Waals surface area contributed by atoms with Gasteiger partial charge in [0.15, 0.2) is 11.5 Å². The number of carbonyl (C=O) groups is 2. The number of ether oxygens (including phenoxy) is 2. The van der Waals surface area contributed by atoms with Gasteiger partial charge in [0.25, 0.3) is 0 Å². The Morgan fingerprint density at radius 1 is 1.11 bits per heavy atom. The molecule has 1 aromatic carbocycles. The molecular weight excluding hydrogens is 348 g/mol. The lowest BCUT2D eigenvalue weighted by molar-refractivity contribution is -0.123. The monoisotopic (exact) mass is 370 g/mol. The lowest BCUT2D eigenvalue weighted by Crippen LogP contribution is -2.38. The number of aryl methyl sites for hydroxylation is 1. The zero-order valence-electron chi connectivity index (χ0n) is 15.3. The van der Waals surface area contributed by atoms with Crippen LogP contribution in [0.4, 0.5) is 5.82 Å². The second-order valence-corrected chi connectivity index (χ2v) is 6.40. The first kappa shape index (κ1) is 18.7. The van der Waals surface area contributed by atoms with Crippen LogP contribution < -0.4 is 20.1 Å². The molecule has 8 nitrogen and oxygen atoms in total. The van der Waals surface area contributed by atoms with Crippen LogP contribution in [0, 0.1) is 6.92 Å². The maximum Gasteiger partial charge on any atom is 0.239 e. The minimum absolute atomic E-state index is 0.0903. The molecule has 8 heteroatoms. The third-order valence-corrected chi connectivity index (χ3v) is 3.94. The number of nitrogens with one attached hydrogen (secondary N) is 2. The van der Waals surface area contributed by atoms with Gasteiger partial charge in [-0.25, -0.2) is 4.98 Å². The number of hydrogen-bond acceptors (Lipinski definition) is 6. The molecule has 2 N–H and O–H groups in total. The number of carbonyl (C=O) groups excluding carboxylic acids is 2. The van der Waals surface area contributed by atoms with Crippen LogP contribution >= 0.6 is 0 Å². The molecule has 2 aromatic rings. The normalized spacial score (nSPS) is 12.1. The highest BCUT2D eigenvalue weighted by Gasteiger charge is 2.14. The van der Waals surface area contributed by atoms with E-state index in [0.717, 1.165) is 11.1 Å². The fraction of sp³-hybridized carbons (Fsp3) is 0.316. The molecule has 0 unspecified atom stereocenters. The van der Waals surface area contributed by atoms with Crippen LogP contribution in [0.1, 0.15) is 11.1 Å². The molecule has 1 aliphatic heterocycles. The molecule has 0 bridgehead atoms. The van der Waals surface area contributed by atoms with Gasteiger partial charge in [0.1, 0.15) is 5.82 Å². The Bertz CT molecular complexity index is 840. The van der Waals surface area contributed by atoms with Gasteiger partial charge in [0, 0.05) is 12.7 Å². The van der Waals surface area contributed by atoms with Gasteiger partial charge in [-0.05, 0) is 49.4 Å². The molecule has 0 spiro atoms. The van der Waals surface area contributed by atoms with Crippen molar-refractivity contribution in [3.05, 3.63) is 47.7 Å². The van der Waals surface area contributed by atoms with Gasteiger partial charge >= 0.3 is 0 Å². The fourth-order valence-corrected chi connectivity index (χ4v) is 2.64. The van der Waals surface area contributed by atoms with Crippen LogP contribution in [0.2, 0.25) is 0 Å². The molecule has 0 fully saturated rings. The van der Waals surface area contributed by atoms with E-state index in [2.05, 4.69) is 15.6 Å². The van der Waals surface area contributed by atoms with Gasteiger partial charge in [0.2, 0.25) is 18.6 Å². The number of aromatic nitrogens is 1. The number of pyridine rings is 1. The predicted octanol–water partition coefficient (Wildman–Crippen LogP) is 1.31. The molecule has 3 rings (SSSR count). The van der Waals surface area contributed by atoms with E-state index >= 15 is 0 Å². The molecular formula is C19H22N4O4. The largest absolute Gasteiger partial charge is 0.454 e. The van der Waals surface area contributed by atoms with E-state index in [9.17, 15) is 9.59 Å². The summed E-state index contributed by atoms with van der Waals surface area (Å²) in [5, 5.41) is 5.55. The third-order valence-electron chi connectivity index (χ3n) is 3.94. The standard InChI is InChI=1S/C19H22N4O4/c1-13-5-6-20-17(7-13)22-19(25)11-23(2)10-18(24)21-9-14-3-4-15-16(8-14)27-12-26-15/h3-8H,9-12H2,1-2H3,(H,21,24)(H,20,22,25). The Hall–Kier alpha value is -3.13. The minimum Gasteiger partial charge on any atom is -0.454 e. The van der Waals surface area contributed by atoms with Crippen molar-refractivity contribution in [2.45, 2.75) is 13.5 Å². The molecule has 1 aliphatic rings. The first-order chi connectivity index (χ1) is 13.0. The van der Waals surface area contributed by atoms with E-state index in [1.54, 1.807) is 24.2 Å². The highest BCUT2D eigenvalue weighted by atomic mass is 16.7. The lowest BCUT2D eigenvalue weighted by atomic mass is 10.2. The zero-order chi connectivity index (χ0) is 19.2. The molecule has 2 heterocycles. The average Bonchev–Trinajstić information content (AvgIpc) is 3.07. The van der Waals surface area contributed by atoms with Crippen molar-refractivity contribution in [2.75, 3.05) is 32.2 Å². The number of likely N-dealkylation sites (N-methyl/N-ethyl adjacent to an activating group) is 1. The first-order valence-electron chi connectivity index (χ1n) is 8.56. The van der Waals surface area contributed by atoms with Crippen molar-refractivity contribution in [2.24, 2.45) is 0 Å². The molecule has 2 amide bonds. The molecule has 0 atom stereocenters. The summed E-state index contributed by atoms with van der Waals surface area (Å²) in [6.07, 6.45) is 1.64. The molecule has 0 saturated carbocycles. The summed E-state index contributed by atoms with van der Waals surface area (Å²) in [6, 6.07) is 9.18. The van der Waals surface area contributed by atoms with Crippen molar-refractivity contribution in [3.63, 3.8) is 0 Å². The number of rotatable bonds is 7. The lowest BCUT2D eigenvalue weighted by Gasteiger charge is -2.16. The summed E-state index contributed by atoms with van der Waals surface area (Å²) < 4.78 is 10.6. The van der Waals surface area contributed by atoms with Gasteiger partial charge in [-0.1, -0.05) is 6.07 Å². The van der Waals surface area contributed by atoms with Gasteiger partial charge in [-0.3, -0.25) is 14.5 Å². The van der Waals surface area contributed by atoms with Crippen molar-refractivity contribution in [1.82, 2.24) is 15.2 Å². The zero-order valence-corrected chi connectivity index (χ0v) is 15.3. The number of benzene rings is 1. The quantitative estimate of drug-likeness (QED) is 0.763. The summed E-state index contributed by atoms with van der Waals surface area (Å²) in [5.41, 5.74) is 1.93. The van der Waals surface area contributed by atoms with E-state index in [-0.39, 0.29) is 31.7 Å². The van der Waals surface area contributed by atoms with Gasteiger partial charge in [-0.15, -0.1) is 0 Å². The second kappa shape index (κ2) is 8.50. The summed E-state index contributed by atoms with van der Waals surface area (Å²) in [7, 11) is 1.71. The van der Waals surface area contributed by atoms with E-state index in [1.807, 2.05) is 31.2 Å². The fourth-order valence-electron chi connectivity index (χ4n) is 2.64. The maximum atomic E-state index is 12.1. The van der Waals surface area contributed by atoms with Crippen LogP contribution in [0.3, 0.4) is 0 Å². The van der Waals surface area contributed by atoms with E-state index < -0.39 is 0 Å². The van der Waals surface area contributed by atoms with Gasteiger partial charge in [0.05, 0.1) is 13.1 Å². The van der Waals surface area contributed by atoms with E-state index in [4.69, 9.17) is 9.47 Å². The molecule has 0 aliphatic carbocycles. The Morgan fingerprint density at radius 3 is 2.70 bits per heavy atom. The Morgan fingerprint density at radius 2 is 1.89 bits per heavy atom. The molecule has 142 valence electrons. The highest BCUT2D eigenvalue weighted by molar-refractivity contribution is 5.91. The highest BCUT2D eigenvalue weighted by Crippen LogP contribution is 2.32. The first-order valence-corrected chi connectivity index (χ1v) is 8.56. The van der Waals surface area contributed by atoms with Crippen molar-refractivity contribution in [1.29, 1.82) is 0 Å². The third kappa shape index (κ3) is 5.42. The average molecular weight is 370 g/mol. The van der Waals surface area contributed by atoms with Crippen LogP contribution in [0.15, 0.2) is 36.5 Å². The Balaban J connectivity index is 1.41. The topological polar surface area (TPSA) is 92.8 Å².